The smallest absolute Gasteiger partial charge is 0.0133 e. The molecule has 0 aromatic carbocycles. The highest BCUT2D eigenvalue weighted by atomic mass is 13.8. The van der Waals surface area contributed by atoms with Crippen LogP contribution in [0.25, 0.3) is 0 Å². The monoisotopic (exact) mass is 159 g/mol. The van der Waals surface area contributed by atoms with Gasteiger partial charge in [0, 0.05) is 0 Å². The highest BCUT2D eigenvalue weighted by Crippen LogP contribution is 1.97. The lowest BCUT2D eigenvalue weighted by Gasteiger charge is -1.87. The summed E-state index contributed by atoms with van der Waals surface area (Å²) < 4.78 is 0. The van der Waals surface area contributed by atoms with Crippen LogP contribution in [-0.4, -0.2) is 0 Å². The van der Waals surface area contributed by atoms with Crippen LogP contribution in [-0.2, 0) is 0 Å². The van der Waals surface area contributed by atoms with Gasteiger partial charge in [-0.3, -0.25) is 0 Å². The fraction of sp³-hybridized carbons (Fsp3) is 0.250. The van der Waals surface area contributed by atoms with E-state index in [9.17, 15) is 0 Å². The van der Waals surface area contributed by atoms with Crippen molar-refractivity contribution in [1.29, 1.82) is 0 Å². The summed E-state index contributed by atoms with van der Waals surface area (Å²) >= 11 is 0. The van der Waals surface area contributed by atoms with Crippen LogP contribution in [0.1, 0.15) is 19.3 Å². The number of allylic oxidation sites excluding steroid dienone is 8. The fourth-order valence-electron chi connectivity index (χ4n) is 0.996. The van der Waals surface area contributed by atoms with Crippen molar-refractivity contribution in [2.45, 2.75) is 19.3 Å². The third-order valence-corrected chi connectivity index (χ3v) is 1.64. The lowest BCUT2D eigenvalue weighted by atomic mass is 10.2. The van der Waals surface area contributed by atoms with E-state index in [2.05, 4.69) is 55.0 Å². The minimum Gasteiger partial charge on any atom is -0.0844 e. The Labute approximate surface area is 75.0 Å². The second-order valence-electron chi connectivity index (χ2n) is 2.70. The van der Waals surface area contributed by atoms with E-state index in [1.807, 2.05) is 0 Å². The minimum absolute atomic E-state index is 1.03. The van der Waals surface area contributed by atoms with Gasteiger partial charge in [-0.1, -0.05) is 48.6 Å². The van der Waals surface area contributed by atoms with Crippen LogP contribution < -0.4 is 0 Å². The van der Waals surface area contributed by atoms with Crippen molar-refractivity contribution in [2.24, 2.45) is 0 Å². The Hall–Kier alpha value is -1.04. The molecule has 0 aliphatic heterocycles. The molecular formula is C12H15. The van der Waals surface area contributed by atoms with Gasteiger partial charge in [0.05, 0.1) is 0 Å². The molecule has 0 fully saturated rings. The first kappa shape index (κ1) is 9.05. The molecule has 0 heteroatoms. The van der Waals surface area contributed by atoms with Gasteiger partial charge >= 0.3 is 0 Å². The third kappa shape index (κ3) is 4.73. The van der Waals surface area contributed by atoms with Crippen LogP contribution in [0.2, 0.25) is 0 Å². The topological polar surface area (TPSA) is 0 Å². The molecule has 0 atom stereocenters. The van der Waals surface area contributed by atoms with Gasteiger partial charge < -0.3 is 0 Å². The quantitative estimate of drug-likeness (QED) is 0.474. The first-order chi connectivity index (χ1) is 6.00. The van der Waals surface area contributed by atoms with Gasteiger partial charge in [-0.15, -0.1) is 0 Å². The van der Waals surface area contributed by atoms with Gasteiger partial charge in [0.1, 0.15) is 0 Å². The zero-order valence-corrected chi connectivity index (χ0v) is 7.32. The van der Waals surface area contributed by atoms with Crippen molar-refractivity contribution in [3.63, 3.8) is 0 Å². The van der Waals surface area contributed by atoms with Crippen LogP contribution in [0.4, 0.5) is 0 Å². The normalized spacial score (nSPS) is 29.3. The second kappa shape index (κ2) is 6.66. The molecule has 63 valence electrons. The van der Waals surface area contributed by atoms with E-state index in [4.69, 9.17) is 0 Å². The van der Waals surface area contributed by atoms with E-state index in [0.29, 0.717) is 0 Å². The molecule has 12 heavy (non-hydrogen) atoms. The maximum Gasteiger partial charge on any atom is -0.0133 e. The predicted octanol–water partition coefficient (Wildman–Crippen LogP) is 3.60. The molecule has 0 aromatic rings. The average molecular weight is 159 g/mol. The average Bonchev–Trinajstić information content (AvgIpc) is 2.05. The number of hydrogen-bond donors (Lipinski definition) is 0. The molecule has 0 spiro atoms. The van der Waals surface area contributed by atoms with E-state index in [-0.39, 0.29) is 0 Å². The Bertz CT molecular complexity index is 204. The van der Waals surface area contributed by atoms with Gasteiger partial charge in [0.2, 0.25) is 0 Å². The zero-order chi connectivity index (χ0) is 8.49. The molecule has 0 amide bonds. The van der Waals surface area contributed by atoms with Crippen molar-refractivity contribution in [3.8, 4) is 0 Å². The Morgan fingerprint density at radius 1 is 0.500 bits per heavy atom. The maximum absolute atomic E-state index is 2.19. The molecule has 0 heterocycles. The maximum atomic E-state index is 2.19. The van der Waals surface area contributed by atoms with Gasteiger partial charge in [-0.2, -0.15) is 0 Å². The molecule has 0 N–H and O–H groups in total. The molecule has 0 saturated heterocycles. The van der Waals surface area contributed by atoms with Gasteiger partial charge in [0.15, 0.2) is 0 Å². The van der Waals surface area contributed by atoms with Crippen molar-refractivity contribution in [2.75, 3.05) is 0 Å². The Balaban J connectivity index is 2.41. The van der Waals surface area contributed by atoms with E-state index in [1.165, 1.54) is 0 Å². The highest BCUT2D eigenvalue weighted by molar-refractivity contribution is 5.10. The highest BCUT2D eigenvalue weighted by Gasteiger charge is 1.78. The van der Waals surface area contributed by atoms with Crippen molar-refractivity contribution in [1.82, 2.24) is 0 Å². The van der Waals surface area contributed by atoms with E-state index >= 15 is 0 Å². The fourth-order valence-corrected chi connectivity index (χ4v) is 0.996. The SMILES string of the molecule is [CH]1/C=C/C/C=C\C/C=C\C=C\C1. The summed E-state index contributed by atoms with van der Waals surface area (Å²) in [4.78, 5) is 0. The molecule has 1 rings (SSSR count). The first-order valence-corrected chi connectivity index (χ1v) is 4.45. The Kier molecular flexibility index (Phi) is 5.02. The van der Waals surface area contributed by atoms with Gasteiger partial charge in [0.25, 0.3) is 0 Å². The molecular weight excluding hydrogens is 144 g/mol. The largest absolute Gasteiger partial charge is 0.0844 e. The lowest BCUT2D eigenvalue weighted by molar-refractivity contribution is 1.25. The molecule has 0 aromatic heterocycles. The van der Waals surface area contributed by atoms with Crippen LogP contribution in [0, 0.1) is 6.42 Å². The zero-order valence-electron chi connectivity index (χ0n) is 7.32. The van der Waals surface area contributed by atoms with E-state index in [0.717, 1.165) is 19.3 Å². The summed E-state index contributed by atoms with van der Waals surface area (Å²) in [6.07, 6.45) is 22.5. The molecule has 1 radical (unpaired) electrons. The van der Waals surface area contributed by atoms with Crippen molar-refractivity contribution >= 4 is 0 Å². The summed E-state index contributed by atoms with van der Waals surface area (Å²) in [7, 11) is 0. The van der Waals surface area contributed by atoms with E-state index < -0.39 is 0 Å². The molecule has 1 aliphatic rings. The third-order valence-electron chi connectivity index (χ3n) is 1.64. The summed E-state index contributed by atoms with van der Waals surface area (Å²) in [6, 6.07) is 0. The Morgan fingerprint density at radius 3 is 1.83 bits per heavy atom. The predicted molar refractivity (Wildman–Crippen MR) is 54.7 cm³/mol. The van der Waals surface area contributed by atoms with Crippen molar-refractivity contribution < 1.29 is 0 Å². The molecule has 0 nitrogen and oxygen atoms in total. The van der Waals surface area contributed by atoms with Crippen LogP contribution >= 0.6 is 0 Å². The second-order valence-corrected chi connectivity index (χ2v) is 2.70. The van der Waals surface area contributed by atoms with E-state index in [1.54, 1.807) is 0 Å². The molecule has 1 aliphatic carbocycles. The first-order valence-electron chi connectivity index (χ1n) is 4.45. The van der Waals surface area contributed by atoms with Gasteiger partial charge in [-0.05, 0) is 25.7 Å². The lowest BCUT2D eigenvalue weighted by Crippen LogP contribution is -1.68. The summed E-state index contributed by atoms with van der Waals surface area (Å²) in [5, 5.41) is 0. The number of rotatable bonds is 0. The van der Waals surface area contributed by atoms with Crippen LogP contribution in [0.15, 0.2) is 48.6 Å². The summed E-state index contributed by atoms with van der Waals surface area (Å²) in [5.74, 6) is 0. The number of hydrogen-bond acceptors (Lipinski definition) is 0. The molecule has 0 saturated carbocycles. The molecule has 0 unspecified atom stereocenters. The van der Waals surface area contributed by atoms with Gasteiger partial charge in [-0.25, -0.2) is 0 Å². The van der Waals surface area contributed by atoms with Crippen LogP contribution in [0.3, 0.4) is 0 Å². The van der Waals surface area contributed by atoms with Crippen molar-refractivity contribution in [3.05, 3.63) is 55.0 Å². The Morgan fingerprint density at radius 2 is 1.08 bits per heavy atom. The summed E-state index contributed by atoms with van der Waals surface area (Å²) in [6.45, 7) is 0. The standard InChI is InChI=1S/C12H15/c1-2-4-6-8-10-12-11-9-7-5-3-1/h1-4,7-11H,5-6,12H2/b3-1+,4-2-,10-8-,11-9+. The minimum atomic E-state index is 1.03. The van der Waals surface area contributed by atoms with Crippen LogP contribution in [0.5, 0.6) is 0 Å². The summed E-state index contributed by atoms with van der Waals surface area (Å²) in [5.41, 5.74) is 0. The molecule has 0 bridgehead atoms.